The van der Waals surface area contributed by atoms with Crippen LogP contribution in [0.2, 0.25) is 0 Å². The molecule has 0 saturated carbocycles. The Morgan fingerprint density at radius 3 is 2.53 bits per heavy atom. The summed E-state index contributed by atoms with van der Waals surface area (Å²) in [5.41, 5.74) is 3.65. The highest BCUT2D eigenvalue weighted by atomic mass is 32.2. The number of benzene rings is 2. The Bertz CT molecular complexity index is 1210. The van der Waals surface area contributed by atoms with E-state index in [2.05, 4.69) is 15.7 Å². The summed E-state index contributed by atoms with van der Waals surface area (Å²) in [5.74, 6) is 1.10. The molecule has 5 rings (SSSR count). The van der Waals surface area contributed by atoms with Crippen LogP contribution >= 0.6 is 11.8 Å². The lowest BCUT2D eigenvalue weighted by Crippen LogP contribution is -2.31. The van der Waals surface area contributed by atoms with Gasteiger partial charge in [0.2, 0.25) is 17.7 Å². The van der Waals surface area contributed by atoms with Gasteiger partial charge in [-0.1, -0.05) is 48.5 Å². The molecule has 34 heavy (non-hydrogen) atoms. The van der Waals surface area contributed by atoms with E-state index in [9.17, 15) is 14.4 Å². The quantitative estimate of drug-likeness (QED) is 0.548. The van der Waals surface area contributed by atoms with Crippen LogP contribution in [0.1, 0.15) is 23.2 Å². The number of hydrogen-bond donors (Lipinski definition) is 2. The molecule has 8 nitrogen and oxygen atoms in total. The molecule has 0 radical (unpaired) electrons. The topological polar surface area (TPSA) is 96.3 Å². The monoisotopic (exact) mass is 475 g/mol. The van der Waals surface area contributed by atoms with Crippen molar-refractivity contribution in [2.75, 3.05) is 16.8 Å². The molecule has 0 bridgehead atoms. The number of aromatic nitrogens is 2. The van der Waals surface area contributed by atoms with Gasteiger partial charge in [0.15, 0.2) is 0 Å². The SMILES string of the molecule is O=C(Cn1nc2c(c1NC(=O)C1CC(=O)N(c3ccccc3)C1)CSC2)NCc1ccccc1. The smallest absolute Gasteiger partial charge is 0.242 e. The third kappa shape index (κ3) is 4.70. The van der Waals surface area contributed by atoms with E-state index >= 15 is 0 Å². The minimum absolute atomic E-state index is 0.0137. The van der Waals surface area contributed by atoms with Gasteiger partial charge in [-0.25, -0.2) is 4.68 Å². The maximum atomic E-state index is 13.1. The van der Waals surface area contributed by atoms with Gasteiger partial charge in [0.05, 0.1) is 11.6 Å². The zero-order chi connectivity index (χ0) is 23.5. The number of para-hydroxylation sites is 1. The fraction of sp³-hybridized carbons (Fsp3) is 0.280. The molecule has 1 atom stereocenters. The van der Waals surface area contributed by atoms with Gasteiger partial charge in [-0.2, -0.15) is 16.9 Å². The molecule has 2 aliphatic heterocycles. The molecule has 1 fully saturated rings. The maximum Gasteiger partial charge on any atom is 0.242 e. The number of anilines is 2. The van der Waals surface area contributed by atoms with Gasteiger partial charge in [-0.05, 0) is 17.7 Å². The van der Waals surface area contributed by atoms with Crippen LogP contribution in [0.4, 0.5) is 11.5 Å². The number of hydrogen-bond acceptors (Lipinski definition) is 5. The highest BCUT2D eigenvalue weighted by molar-refractivity contribution is 7.98. The number of carbonyl (C=O) groups excluding carboxylic acids is 3. The van der Waals surface area contributed by atoms with E-state index < -0.39 is 5.92 Å². The van der Waals surface area contributed by atoms with Crippen molar-refractivity contribution in [1.82, 2.24) is 15.1 Å². The van der Waals surface area contributed by atoms with E-state index in [1.807, 2.05) is 60.7 Å². The van der Waals surface area contributed by atoms with Crippen LogP contribution in [-0.2, 0) is 39.0 Å². The molecule has 1 unspecified atom stereocenters. The van der Waals surface area contributed by atoms with Crippen LogP contribution in [0, 0.1) is 5.92 Å². The Hall–Kier alpha value is -3.59. The molecular formula is C25H25N5O3S. The van der Waals surface area contributed by atoms with E-state index in [4.69, 9.17) is 0 Å². The number of nitrogens with one attached hydrogen (secondary N) is 2. The minimum atomic E-state index is -0.465. The summed E-state index contributed by atoms with van der Waals surface area (Å²) < 4.78 is 1.58. The van der Waals surface area contributed by atoms with Crippen molar-refractivity contribution >= 4 is 41.0 Å². The summed E-state index contributed by atoms with van der Waals surface area (Å²) in [7, 11) is 0. The first-order valence-corrected chi connectivity index (χ1v) is 12.4. The van der Waals surface area contributed by atoms with Crippen molar-refractivity contribution in [1.29, 1.82) is 0 Å². The molecule has 3 heterocycles. The maximum absolute atomic E-state index is 13.1. The summed E-state index contributed by atoms with van der Waals surface area (Å²) in [5, 5.41) is 10.5. The lowest BCUT2D eigenvalue weighted by atomic mass is 10.1. The number of nitrogens with zero attached hydrogens (tertiary/aromatic N) is 3. The average molecular weight is 476 g/mol. The largest absolute Gasteiger partial charge is 0.350 e. The van der Waals surface area contributed by atoms with Gasteiger partial charge in [0, 0.05) is 42.3 Å². The summed E-state index contributed by atoms with van der Waals surface area (Å²) in [6.07, 6.45) is 0.156. The van der Waals surface area contributed by atoms with Crippen LogP contribution in [-0.4, -0.2) is 34.0 Å². The molecular weight excluding hydrogens is 450 g/mol. The first-order valence-electron chi connectivity index (χ1n) is 11.2. The normalized spacial score (nSPS) is 17.0. The van der Waals surface area contributed by atoms with Crippen LogP contribution in [0.15, 0.2) is 60.7 Å². The standard InChI is InChI=1S/C25H25N5O3S/c31-22(26-12-17-7-3-1-4-8-17)14-30-24(20-15-34-16-21(20)28-30)27-25(33)18-11-23(32)29(13-18)19-9-5-2-6-10-19/h1-10,18H,11-16H2,(H,26,31)(H,27,33). The lowest BCUT2D eigenvalue weighted by Gasteiger charge is -2.17. The first-order chi connectivity index (χ1) is 16.6. The van der Waals surface area contributed by atoms with E-state index in [0.29, 0.717) is 18.9 Å². The van der Waals surface area contributed by atoms with Gasteiger partial charge in [0.25, 0.3) is 0 Å². The zero-order valence-electron chi connectivity index (χ0n) is 18.6. The molecule has 1 saturated heterocycles. The second kappa shape index (κ2) is 9.72. The minimum Gasteiger partial charge on any atom is -0.350 e. The van der Waals surface area contributed by atoms with Crippen molar-refractivity contribution in [3.05, 3.63) is 77.5 Å². The predicted molar refractivity (Wildman–Crippen MR) is 131 cm³/mol. The highest BCUT2D eigenvalue weighted by Gasteiger charge is 2.36. The fourth-order valence-corrected chi connectivity index (χ4v) is 5.30. The summed E-state index contributed by atoms with van der Waals surface area (Å²) in [6, 6.07) is 19.1. The molecule has 174 valence electrons. The number of rotatable bonds is 7. The van der Waals surface area contributed by atoms with Crippen molar-refractivity contribution < 1.29 is 14.4 Å². The van der Waals surface area contributed by atoms with Gasteiger partial charge < -0.3 is 15.5 Å². The number of thioether (sulfide) groups is 1. The van der Waals surface area contributed by atoms with Gasteiger partial charge in [0.1, 0.15) is 12.4 Å². The third-order valence-electron chi connectivity index (χ3n) is 6.05. The molecule has 2 N–H and O–H groups in total. The highest BCUT2D eigenvalue weighted by Crippen LogP contribution is 2.35. The summed E-state index contributed by atoms with van der Waals surface area (Å²) in [4.78, 5) is 40.0. The number of fused-ring (bicyclic) bond motifs is 1. The Labute approximate surface area is 201 Å². The van der Waals surface area contributed by atoms with Crippen LogP contribution in [0.25, 0.3) is 0 Å². The van der Waals surface area contributed by atoms with E-state index in [1.165, 1.54) is 0 Å². The molecule has 3 amide bonds. The zero-order valence-corrected chi connectivity index (χ0v) is 19.4. The van der Waals surface area contributed by atoms with E-state index in [0.717, 1.165) is 34.0 Å². The van der Waals surface area contributed by atoms with Crippen LogP contribution in [0.3, 0.4) is 0 Å². The summed E-state index contributed by atoms with van der Waals surface area (Å²) >= 11 is 1.73. The molecule has 3 aromatic rings. The Morgan fingerprint density at radius 1 is 1.03 bits per heavy atom. The number of carbonyl (C=O) groups is 3. The van der Waals surface area contributed by atoms with Crippen molar-refractivity contribution in [3.63, 3.8) is 0 Å². The Morgan fingerprint density at radius 2 is 1.76 bits per heavy atom. The van der Waals surface area contributed by atoms with Gasteiger partial charge in [-0.3, -0.25) is 14.4 Å². The number of amides is 3. The van der Waals surface area contributed by atoms with Crippen LogP contribution < -0.4 is 15.5 Å². The van der Waals surface area contributed by atoms with Crippen LogP contribution in [0.5, 0.6) is 0 Å². The fourth-order valence-electron chi connectivity index (χ4n) is 4.27. The third-order valence-corrected chi connectivity index (χ3v) is 7.02. The average Bonchev–Trinajstić information content (AvgIpc) is 3.55. The van der Waals surface area contributed by atoms with Gasteiger partial charge >= 0.3 is 0 Å². The molecule has 2 aromatic carbocycles. The summed E-state index contributed by atoms with van der Waals surface area (Å²) in [6.45, 7) is 0.773. The second-order valence-electron chi connectivity index (χ2n) is 8.42. The Kier molecular flexibility index (Phi) is 6.35. The molecule has 0 aliphatic carbocycles. The van der Waals surface area contributed by atoms with E-state index in [1.54, 1.807) is 21.3 Å². The van der Waals surface area contributed by atoms with Crippen molar-refractivity contribution in [2.24, 2.45) is 5.92 Å². The second-order valence-corrected chi connectivity index (χ2v) is 9.40. The van der Waals surface area contributed by atoms with Gasteiger partial charge in [-0.15, -0.1) is 0 Å². The lowest BCUT2D eigenvalue weighted by molar-refractivity contribution is -0.122. The molecule has 9 heteroatoms. The molecule has 2 aliphatic rings. The molecule has 0 spiro atoms. The van der Waals surface area contributed by atoms with Crippen molar-refractivity contribution in [2.45, 2.75) is 31.0 Å². The predicted octanol–water partition coefficient (Wildman–Crippen LogP) is 2.94. The van der Waals surface area contributed by atoms with E-state index in [-0.39, 0.29) is 30.7 Å². The molecule has 1 aromatic heterocycles. The Balaban J connectivity index is 1.27. The van der Waals surface area contributed by atoms with Crippen molar-refractivity contribution in [3.8, 4) is 0 Å². The first kappa shape index (κ1) is 22.2.